The average molecular weight is 547 g/mol. The van der Waals surface area contributed by atoms with E-state index in [2.05, 4.69) is 20.9 Å². The number of hydrogen-bond acceptors (Lipinski definition) is 7. The molecule has 2 rings (SSSR count). The lowest BCUT2D eigenvalue weighted by Gasteiger charge is -2.26. The lowest BCUT2D eigenvalue weighted by Crippen LogP contribution is -2.59. The molecule has 1 heterocycles. The Labute approximate surface area is 228 Å². The second-order valence-electron chi connectivity index (χ2n) is 9.95. The van der Waals surface area contributed by atoms with Crippen LogP contribution in [0.1, 0.15) is 52.0 Å². The molecule has 0 aliphatic rings. The molecule has 2 aromatic rings. The van der Waals surface area contributed by atoms with E-state index in [-0.39, 0.29) is 18.8 Å². The van der Waals surface area contributed by atoms with Gasteiger partial charge in [0.15, 0.2) is 6.04 Å². The van der Waals surface area contributed by atoms with Crippen LogP contribution in [0.5, 0.6) is 0 Å². The summed E-state index contributed by atoms with van der Waals surface area (Å²) in [4.78, 5) is 54.2. The number of H-pyrrole nitrogens is 1. The van der Waals surface area contributed by atoms with Gasteiger partial charge in [-0.3, -0.25) is 14.4 Å². The SMILES string of the molecule is CCC(C)C(N)C(=O)NC(CCCCN)C(=O)NC(Cc1c[nH]c2ccccc12)C(=O)NC(C(=O)O)C(C)O. The maximum absolute atomic E-state index is 13.4. The number of aliphatic carboxylic acids is 1. The van der Waals surface area contributed by atoms with Crippen LogP contribution in [0.4, 0.5) is 0 Å². The summed E-state index contributed by atoms with van der Waals surface area (Å²) in [6, 6.07) is 2.85. The van der Waals surface area contributed by atoms with Gasteiger partial charge in [0, 0.05) is 23.5 Å². The maximum Gasteiger partial charge on any atom is 0.328 e. The number of nitrogens with one attached hydrogen (secondary N) is 4. The van der Waals surface area contributed by atoms with Crippen LogP contribution in [0.15, 0.2) is 30.5 Å². The summed E-state index contributed by atoms with van der Waals surface area (Å²) in [5, 5.41) is 27.9. The number of aliphatic hydroxyl groups is 1. The fourth-order valence-electron chi connectivity index (χ4n) is 4.19. The molecule has 0 spiro atoms. The predicted octanol–water partition coefficient (Wildman–Crippen LogP) is 0.133. The summed E-state index contributed by atoms with van der Waals surface area (Å²) in [5.41, 5.74) is 13.2. The van der Waals surface area contributed by atoms with Crippen molar-refractivity contribution >= 4 is 34.6 Å². The van der Waals surface area contributed by atoms with Crippen molar-refractivity contribution < 1.29 is 29.4 Å². The molecule has 0 radical (unpaired) electrons. The van der Waals surface area contributed by atoms with Crippen LogP contribution in [0.2, 0.25) is 0 Å². The van der Waals surface area contributed by atoms with Crippen molar-refractivity contribution in [2.24, 2.45) is 17.4 Å². The second-order valence-corrected chi connectivity index (χ2v) is 9.95. The Balaban J connectivity index is 2.32. The van der Waals surface area contributed by atoms with E-state index in [1.54, 1.807) is 6.20 Å². The molecule has 1 aromatic carbocycles. The maximum atomic E-state index is 13.4. The van der Waals surface area contributed by atoms with E-state index >= 15 is 0 Å². The molecule has 0 saturated heterocycles. The molecular weight excluding hydrogens is 504 g/mol. The number of carbonyl (C=O) groups excluding carboxylic acids is 3. The van der Waals surface area contributed by atoms with Crippen LogP contribution < -0.4 is 27.4 Å². The van der Waals surface area contributed by atoms with Crippen LogP contribution in [-0.2, 0) is 25.6 Å². The number of aliphatic hydroxyl groups excluding tert-OH is 1. The van der Waals surface area contributed by atoms with Crippen molar-refractivity contribution in [1.82, 2.24) is 20.9 Å². The van der Waals surface area contributed by atoms with Gasteiger partial charge in [-0.1, -0.05) is 38.5 Å². The molecule has 12 heteroatoms. The van der Waals surface area contributed by atoms with Gasteiger partial charge in [-0.05, 0) is 50.3 Å². The minimum Gasteiger partial charge on any atom is -0.480 e. The summed E-state index contributed by atoms with van der Waals surface area (Å²) in [7, 11) is 0. The molecule has 3 amide bonds. The van der Waals surface area contributed by atoms with Gasteiger partial charge in [0.25, 0.3) is 0 Å². The quantitative estimate of drug-likeness (QED) is 0.135. The van der Waals surface area contributed by atoms with E-state index < -0.39 is 54.0 Å². The number of hydrogen-bond donors (Lipinski definition) is 8. The van der Waals surface area contributed by atoms with Crippen molar-refractivity contribution in [3.63, 3.8) is 0 Å². The Bertz CT molecular complexity index is 1120. The molecule has 0 saturated carbocycles. The topological polar surface area (TPSA) is 213 Å². The Morgan fingerprint density at radius 2 is 1.62 bits per heavy atom. The van der Waals surface area contributed by atoms with Gasteiger partial charge >= 0.3 is 5.97 Å². The highest BCUT2D eigenvalue weighted by Crippen LogP contribution is 2.19. The lowest BCUT2D eigenvalue weighted by molar-refractivity contribution is -0.145. The monoisotopic (exact) mass is 546 g/mol. The number of aromatic amines is 1. The number of fused-ring (bicyclic) bond motifs is 1. The van der Waals surface area contributed by atoms with E-state index in [9.17, 15) is 29.4 Å². The predicted molar refractivity (Wildman–Crippen MR) is 147 cm³/mol. The third-order valence-electron chi connectivity index (χ3n) is 6.92. The first-order valence-corrected chi connectivity index (χ1v) is 13.3. The lowest BCUT2D eigenvalue weighted by atomic mass is 9.98. The van der Waals surface area contributed by atoms with E-state index in [1.165, 1.54) is 6.92 Å². The molecule has 6 atom stereocenters. The Hall–Kier alpha value is -3.48. The number of nitrogens with two attached hydrogens (primary N) is 2. The Morgan fingerprint density at radius 3 is 2.23 bits per heavy atom. The fraction of sp³-hybridized carbons (Fsp3) is 0.556. The summed E-state index contributed by atoms with van der Waals surface area (Å²) in [5.74, 6) is -3.39. The summed E-state index contributed by atoms with van der Waals surface area (Å²) in [6.45, 7) is 5.41. The van der Waals surface area contributed by atoms with Gasteiger partial charge in [-0.25, -0.2) is 4.79 Å². The number of aromatic nitrogens is 1. The van der Waals surface area contributed by atoms with Crippen LogP contribution in [-0.4, -0.2) is 75.7 Å². The minimum absolute atomic E-state index is 0.0313. The number of benzene rings is 1. The third-order valence-corrected chi connectivity index (χ3v) is 6.92. The molecule has 12 nitrogen and oxygen atoms in total. The van der Waals surface area contributed by atoms with Gasteiger partial charge in [0.05, 0.1) is 12.1 Å². The van der Waals surface area contributed by atoms with E-state index in [0.717, 1.165) is 16.5 Å². The zero-order valence-electron chi connectivity index (χ0n) is 22.8. The molecule has 0 fully saturated rings. The third kappa shape index (κ3) is 9.05. The fourth-order valence-corrected chi connectivity index (χ4v) is 4.19. The number of carboxylic acid groups (broad SMARTS) is 1. The molecule has 6 unspecified atom stereocenters. The standard InChI is InChI=1S/C27H42N6O6/c1-4-15(2)22(29)26(37)31-20(11-7-8-12-28)24(35)32-21(25(36)33-23(16(3)34)27(38)39)13-17-14-30-19-10-6-5-9-18(17)19/h5-6,9-10,14-16,20-23,30,34H,4,7-8,11-13,28-29H2,1-3H3,(H,31,37)(H,32,35)(H,33,36)(H,38,39). The highest BCUT2D eigenvalue weighted by atomic mass is 16.4. The Kier molecular flexibility index (Phi) is 12.4. The van der Waals surface area contributed by atoms with Gasteiger partial charge in [0.1, 0.15) is 12.1 Å². The molecular formula is C27H42N6O6. The summed E-state index contributed by atoms with van der Waals surface area (Å²) >= 11 is 0. The van der Waals surface area contributed by atoms with E-state index in [4.69, 9.17) is 11.5 Å². The van der Waals surface area contributed by atoms with Crippen LogP contribution in [0.25, 0.3) is 10.9 Å². The molecule has 0 bridgehead atoms. The van der Waals surface area contributed by atoms with Gasteiger partial charge in [-0.2, -0.15) is 0 Å². The minimum atomic E-state index is -1.58. The second kappa shape index (κ2) is 15.2. The average Bonchev–Trinajstić information content (AvgIpc) is 3.31. The number of rotatable bonds is 16. The molecule has 39 heavy (non-hydrogen) atoms. The molecule has 10 N–H and O–H groups in total. The summed E-state index contributed by atoms with van der Waals surface area (Å²) in [6.07, 6.45) is 2.51. The van der Waals surface area contributed by atoms with Crippen molar-refractivity contribution in [3.05, 3.63) is 36.0 Å². The van der Waals surface area contributed by atoms with Crippen LogP contribution >= 0.6 is 0 Å². The highest BCUT2D eigenvalue weighted by molar-refractivity contribution is 5.95. The molecule has 216 valence electrons. The summed E-state index contributed by atoms with van der Waals surface area (Å²) < 4.78 is 0. The molecule has 1 aromatic heterocycles. The Morgan fingerprint density at radius 1 is 0.974 bits per heavy atom. The normalized spacial score (nSPS) is 15.9. The number of carboxylic acids is 1. The van der Waals surface area contributed by atoms with Gasteiger partial charge in [-0.15, -0.1) is 0 Å². The zero-order valence-corrected chi connectivity index (χ0v) is 22.8. The van der Waals surface area contributed by atoms with Crippen molar-refractivity contribution in [3.8, 4) is 0 Å². The molecule has 0 aliphatic heterocycles. The van der Waals surface area contributed by atoms with Crippen LogP contribution in [0, 0.1) is 5.92 Å². The van der Waals surface area contributed by atoms with Crippen molar-refractivity contribution in [2.45, 2.75) is 83.1 Å². The number of unbranched alkanes of at least 4 members (excludes halogenated alkanes) is 1. The van der Waals surface area contributed by atoms with Gasteiger partial charge < -0.3 is 42.6 Å². The smallest absolute Gasteiger partial charge is 0.328 e. The van der Waals surface area contributed by atoms with Gasteiger partial charge in [0.2, 0.25) is 17.7 Å². The highest BCUT2D eigenvalue weighted by Gasteiger charge is 2.32. The first-order chi connectivity index (χ1) is 18.5. The largest absolute Gasteiger partial charge is 0.480 e. The van der Waals surface area contributed by atoms with Crippen molar-refractivity contribution in [1.29, 1.82) is 0 Å². The first kappa shape index (κ1) is 31.7. The van der Waals surface area contributed by atoms with E-state index in [0.29, 0.717) is 25.8 Å². The first-order valence-electron chi connectivity index (χ1n) is 13.3. The van der Waals surface area contributed by atoms with Crippen molar-refractivity contribution in [2.75, 3.05) is 6.54 Å². The number of carbonyl (C=O) groups is 4. The van der Waals surface area contributed by atoms with E-state index in [1.807, 2.05) is 38.1 Å². The number of para-hydroxylation sites is 1. The zero-order chi connectivity index (χ0) is 29.1. The van der Waals surface area contributed by atoms with Crippen LogP contribution in [0.3, 0.4) is 0 Å². The molecule has 0 aliphatic carbocycles. The number of amides is 3.